The first-order valence-corrected chi connectivity index (χ1v) is 11.9. The van der Waals surface area contributed by atoms with Crippen LogP contribution in [0.4, 0.5) is 0 Å². The topological polar surface area (TPSA) is 72.0 Å². The minimum Gasteiger partial charge on any atom is -0.382 e. The Hall–Kier alpha value is -3.86. The van der Waals surface area contributed by atoms with Crippen molar-refractivity contribution >= 4 is 0 Å². The van der Waals surface area contributed by atoms with Gasteiger partial charge in [-0.2, -0.15) is 0 Å². The molecule has 4 heteroatoms. The normalized spacial score (nSPS) is 13.9. The molecule has 3 aromatic carbocycles. The molecule has 0 aliphatic rings. The van der Waals surface area contributed by atoms with Gasteiger partial charge in [-0.05, 0) is 54.8 Å². The highest BCUT2D eigenvalue weighted by molar-refractivity contribution is 5.42. The van der Waals surface area contributed by atoms with E-state index in [-0.39, 0.29) is 5.92 Å². The molecule has 5 rings (SSSR count). The Morgan fingerprint density at radius 2 is 0.857 bits per heavy atom. The van der Waals surface area contributed by atoms with E-state index in [4.69, 9.17) is 0 Å². The molecule has 2 heterocycles. The van der Waals surface area contributed by atoms with Crippen molar-refractivity contribution in [2.45, 2.75) is 32.0 Å². The quantitative estimate of drug-likeness (QED) is 0.229. The minimum atomic E-state index is -0.734. The number of nitrogens with one attached hydrogen (secondary N) is 2. The molecular formula is C31H30N2O2. The van der Waals surface area contributed by atoms with Crippen molar-refractivity contribution in [2.24, 2.45) is 0 Å². The number of benzene rings is 3. The summed E-state index contributed by atoms with van der Waals surface area (Å²) in [4.78, 5) is 6.94. The van der Waals surface area contributed by atoms with Crippen LogP contribution in [0.15, 0.2) is 103 Å². The lowest BCUT2D eigenvalue weighted by atomic mass is 9.92. The Kier molecular flexibility index (Phi) is 6.41. The molecule has 0 spiro atoms. The van der Waals surface area contributed by atoms with Gasteiger partial charge in [0.05, 0.1) is 5.92 Å². The van der Waals surface area contributed by atoms with Gasteiger partial charge in [0.25, 0.3) is 0 Å². The van der Waals surface area contributed by atoms with Gasteiger partial charge in [0.1, 0.15) is 12.2 Å². The Balaban J connectivity index is 1.50. The van der Waals surface area contributed by atoms with Crippen LogP contribution in [0.3, 0.4) is 0 Å². The summed E-state index contributed by atoms with van der Waals surface area (Å²) in [5.41, 5.74) is 8.60. The summed E-state index contributed by atoms with van der Waals surface area (Å²) < 4.78 is 0. The van der Waals surface area contributed by atoms with E-state index < -0.39 is 12.2 Å². The molecule has 35 heavy (non-hydrogen) atoms. The predicted molar refractivity (Wildman–Crippen MR) is 139 cm³/mol. The zero-order valence-corrected chi connectivity index (χ0v) is 19.9. The first-order valence-electron chi connectivity index (χ1n) is 11.9. The Bertz CT molecular complexity index is 1380. The van der Waals surface area contributed by atoms with Gasteiger partial charge in [-0.15, -0.1) is 0 Å². The molecule has 176 valence electrons. The van der Waals surface area contributed by atoms with Crippen LogP contribution in [0.2, 0.25) is 0 Å². The van der Waals surface area contributed by atoms with Crippen molar-refractivity contribution < 1.29 is 10.2 Å². The molecule has 0 radical (unpaired) electrons. The van der Waals surface area contributed by atoms with Crippen LogP contribution >= 0.6 is 0 Å². The maximum atomic E-state index is 11.0. The third-order valence-electron chi connectivity index (χ3n) is 6.59. The number of aliphatic hydroxyl groups excluding tert-OH is 2. The third kappa shape index (κ3) is 4.85. The van der Waals surface area contributed by atoms with Gasteiger partial charge in [-0.25, -0.2) is 0 Å². The van der Waals surface area contributed by atoms with E-state index in [9.17, 15) is 10.2 Å². The standard InChI is InChI=1S/C31H30N2O2/c1-20-8-12-22(13-9-20)29(25-16-18-27(32-25)30(34)23-6-4-3-5-7-23)26-17-19-28(33-26)31(35)24-14-10-21(2)11-15-24/h3-19,29-35H,1-2H3. The second kappa shape index (κ2) is 9.79. The number of aromatic nitrogens is 2. The number of aliphatic hydroxyl groups is 2. The summed E-state index contributed by atoms with van der Waals surface area (Å²) in [5.74, 6) is -0.105. The van der Waals surface area contributed by atoms with E-state index in [1.807, 2.05) is 85.8 Å². The molecule has 3 unspecified atom stereocenters. The lowest BCUT2D eigenvalue weighted by Gasteiger charge is -2.17. The molecule has 0 amide bonds. The average Bonchev–Trinajstić information content (AvgIpc) is 3.56. The molecule has 0 saturated carbocycles. The van der Waals surface area contributed by atoms with E-state index in [1.165, 1.54) is 5.56 Å². The van der Waals surface area contributed by atoms with Gasteiger partial charge >= 0.3 is 0 Å². The molecule has 0 aliphatic carbocycles. The number of hydrogen-bond donors (Lipinski definition) is 4. The van der Waals surface area contributed by atoms with E-state index in [2.05, 4.69) is 41.2 Å². The van der Waals surface area contributed by atoms with Gasteiger partial charge in [-0.1, -0.05) is 90.0 Å². The van der Waals surface area contributed by atoms with E-state index in [0.717, 1.165) is 45.0 Å². The molecule has 0 bridgehead atoms. The van der Waals surface area contributed by atoms with Crippen molar-refractivity contribution in [2.75, 3.05) is 0 Å². The van der Waals surface area contributed by atoms with Gasteiger partial charge in [0, 0.05) is 22.8 Å². The zero-order valence-electron chi connectivity index (χ0n) is 19.9. The Labute approximate surface area is 205 Å². The van der Waals surface area contributed by atoms with Crippen LogP contribution in [-0.4, -0.2) is 20.2 Å². The van der Waals surface area contributed by atoms with E-state index >= 15 is 0 Å². The monoisotopic (exact) mass is 462 g/mol. The van der Waals surface area contributed by atoms with E-state index in [0.29, 0.717) is 0 Å². The van der Waals surface area contributed by atoms with Crippen LogP contribution in [0.25, 0.3) is 0 Å². The van der Waals surface area contributed by atoms with Crippen molar-refractivity contribution in [3.8, 4) is 0 Å². The number of H-pyrrole nitrogens is 2. The highest BCUT2D eigenvalue weighted by atomic mass is 16.3. The summed E-state index contributed by atoms with van der Waals surface area (Å²) in [6.07, 6.45) is -1.46. The molecule has 0 fully saturated rings. The lowest BCUT2D eigenvalue weighted by molar-refractivity contribution is 0.216. The van der Waals surface area contributed by atoms with Crippen LogP contribution < -0.4 is 0 Å². The van der Waals surface area contributed by atoms with Crippen LogP contribution in [-0.2, 0) is 0 Å². The summed E-state index contributed by atoms with van der Waals surface area (Å²) in [6, 6.07) is 34.0. The van der Waals surface area contributed by atoms with Crippen molar-refractivity contribution in [3.63, 3.8) is 0 Å². The zero-order chi connectivity index (χ0) is 24.4. The van der Waals surface area contributed by atoms with Crippen LogP contribution in [0.1, 0.15) is 68.7 Å². The molecule has 4 N–H and O–H groups in total. The lowest BCUT2D eigenvalue weighted by Crippen LogP contribution is -2.07. The Morgan fingerprint density at radius 3 is 1.34 bits per heavy atom. The maximum absolute atomic E-state index is 11.0. The smallest absolute Gasteiger partial charge is 0.119 e. The fraction of sp³-hybridized carbons (Fsp3) is 0.161. The summed E-state index contributed by atoms with van der Waals surface area (Å²) in [6.45, 7) is 4.11. The largest absolute Gasteiger partial charge is 0.382 e. The summed E-state index contributed by atoms with van der Waals surface area (Å²) >= 11 is 0. The second-order valence-electron chi connectivity index (χ2n) is 9.21. The molecular weight excluding hydrogens is 432 g/mol. The first-order chi connectivity index (χ1) is 17.0. The van der Waals surface area contributed by atoms with Gasteiger partial charge in [-0.3, -0.25) is 0 Å². The highest BCUT2D eigenvalue weighted by Gasteiger charge is 2.23. The van der Waals surface area contributed by atoms with E-state index in [1.54, 1.807) is 0 Å². The average molecular weight is 463 g/mol. The third-order valence-corrected chi connectivity index (χ3v) is 6.59. The van der Waals surface area contributed by atoms with Crippen molar-refractivity contribution in [1.82, 2.24) is 9.97 Å². The molecule has 5 aromatic rings. The Morgan fingerprint density at radius 1 is 0.457 bits per heavy atom. The number of aryl methyl sites for hydroxylation is 2. The summed E-state index contributed by atoms with van der Waals surface area (Å²) in [7, 11) is 0. The molecule has 4 nitrogen and oxygen atoms in total. The molecule has 2 aromatic heterocycles. The van der Waals surface area contributed by atoms with Crippen molar-refractivity contribution in [3.05, 3.63) is 154 Å². The second-order valence-corrected chi connectivity index (χ2v) is 9.21. The molecule has 0 aliphatic heterocycles. The number of rotatable bonds is 7. The van der Waals surface area contributed by atoms with Gasteiger partial charge < -0.3 is 20.2 Å². The first kappa shape index (κ1) is 22.9. The number of hydrogen-bond acceptors (Lipinski definition) is 2. The fourth-order valence-electron chi connectivity index (χ4n) is 4.54. The fourth-order valence-corrected chi connectivity index (χ4v) is 4.54. The van der Waals surface area contributed by atoms with Gasteiger partial charge in [0.2, 0.25) is 0 Å². The minimum absolute atomic E-state index is 0.105. The van der Waals surface area contributed by atoms with Gasteiger partial charge in [0.15, 0.2) is 0 Å². The number of aromatic amines is 2. The van der Waals surface area contributed by atoms with Crippen molar-refractivity contribution in [1.29, 1.82) is 0 Å². The molecule has 3 atom stereocenters. The SMILES string of the molecule is Cc1ccc(C(O)c2ccc(C(c3ccc(C)cc3)c3ccc(C(O)c4ccccc4)[nH]3)[nH]2)cc1. The maximum Gasteiger partial charge on any atom is 0.119 e. The van der Waals surface area contributed by atoms with Crippen LogP contribution in [0, 0.1) is 13.8 Å². The summed E-state index contributed by atoms with van der Waals surface area (Å²) in [5, 5.41) is 21.9. The predicted octanol–water partition coefficient (Wildman–Crippen LogP) is 6.30. The van der Waals surface area contributed by atoms with Crippen LogP contribution in [0.5, 0.6) is 0 Å². The highest BCUT2D eigenvalue weighted by Crippen LogP contribution is 2.34. The molecule has 0 saturated heterocycles.